The summed E-state index contributed by atoms with van der Waals surface area (Å²) in [7, 11) is 0. The second kappa shape index (κ2) is 4.11. The van der Waals surface area contributed by atoms with Crippen molar-refractivity contribution in [1.82, 2.24) is 0 Å². The number of benzene rings is 1. The molecule has 2 N–H and O–H groups in total. The van der Waals surface area contributed by atoms with Crippen LogP contribution in [-0.4, -0.2) is 11.8 Å². The first-order valence-corrected chi connectivity index (χ1v) is 6.28. The van der Waals surface area contributed by atoms with E-state index < -0.39 is 0 Å². The van der Waals surface area contributed by atoms with Crippen molar-refractivity contribution in [2.75, 3.05) is 0 Å². The molecule has 1 aromatic rings. The highest BCUT2D eigenvalue weighted by atomic mass is 16.1. The van der Waals surface area contributed by atoms with E-state index in [0.717, 1.165) is 12.8 Å². The molecule has 4 unspecified atom stereocenters. The van der Waals surface area contributed by atoms with E-state index in [-0.39, 0.29) is 17.9 Å². The summed E-state index contributed by atoms with van der Waals surface area (Å²) < 4.78 is 0. The van der Waals surface area contributed by atoms with Gasteiger partial charge in [0.05, 0.1) is 0 Å². The summed E-state index contributed by atoms with van der Waals surface area (Å²) >= 11 is 0. The lowest BCUT2D eigenvalue weighted by atomic mass is 9.97. The molecule has 17 heavy (non-hydrogen) atoms. The van der Waals surface area contributed by atoms with Crippen LogP contribution in [0.5, 0.6) is 0 Å². The molecule has 88 valence electrons. The summed E-state index contributed by atoms with van der Waals surface area (Å²) in [4.78, 5) is 12.2. The fraction of sp³-hybridized carbons (Fsp3) is 0.400. The summed E-state index contributed by atoms with van der Waals surface area (Å²) in [5.41, 5.74) is 7.09. The van der Waals surface area contributed by atoms with Crippen molar-refractivity contribution < 1.29 is 4.79 Å². The minimum absolute atomic E-state index is 0.0729. The van der Waals surface area contributed by atoms with E-state index in [2.05, 4.69) is 12.1 Å². The maximum absolute atomic E-state index is 12.2. The number of rotatable bonds is 3. The highest BCUT2D eigenvalue weighted by Crippen LogP contribution is 2.49. The predicted octanol–water partition coefficient (Wildman–Crippen LogP) is 2.26. The average Bonchev–Trinajstić information content (AvgIpc) is 3.05. The number of carbonyl (C=O) groups excluding carboxylic acids is 1. The zero-order valence-corrected chi connectivity index (χ0v) is 9.75. The summed E-state index contributed by atoms with van der Waals surface area (Å²) in [6.07, 6.45) is 5.77. The molecule has 2 aliphatic carbocycles. The van der Waals surface area contributed by atoms with E-state index in [4.69, 9.17) is 5.73 Å². The van der Waals surface area contributed by atoms with Crippen molar-refractivity contribution in [1.29, 1.82) is 0 Å². The molecule has 0 radical (unpaired) electrons. The van der Waals surface area contributed by atoms with E-state index in [1.54, 1.807) is 0 Å². The Morgan fingerprint density at radius 3 is 2.53 bits per heavy atom. The minimum atomic E-state index is 0.0729. The monoisotopic (exact) mass is 227 g/mol. The van der Waals surface area contributed by atoms with Crippen LogP contribution in [0.4, 0.5) is 0 Å². The number of nitrogens with two attached hydrogens (primary N) is 1. The fourth-order valence-corrected chi connectivity index (χ4v) is 2.79. The Morgan fingerprint density at radius 2 is 1.88 bits per heavy atom. The first-order chi connectivity index (χ1) is 8.25. The van der Waals surface area contributed by atoms with Gasteiger partial charge in [-0.15, -0.1) is 0 Å². The topological polar surface area (TPSA) is 43.1 Å². The van der Waals surface area contributed by atoms with Gasteiger partial charge in [-0.25, -0.2) is 0 Å². The highest BCUT2D eigenvalue weighted by Gasteiger charge is 2.45. The Kier molecular flexibility index (Phi) is 2.60. The molecule has 1 saturated carbocycles. The predicted molar refractivity (Wildman–Crippen MR) is 67.5 cm³/mol. The fourth-order valence-electron chi connectivity index (χ4n) is 2.79. The van der Waals surface area contributed by atoms with Gasteiger partial charge in [0, 0.05) is 17.9 Å². The second-order valence-electron chi connectivity index (χ2n) is 5.15. The summed E-state index contributed by atoms with van der Waals surface area (Å²) in [6, 6.07) is 10.4. The van der Waals surface area contributed by atoms with Gasteiger partial charge in [0.1, 0.15) is 5.78 Å². The summed E-state index contributed by atoms with van der Waals surface area (Å²) in [6.45, 7) is 0. The van der Waals surface area contributed by atoms with Gasteiger partial charge in [-0.3, -0.25) is 4.79 Å². The van der Waals surface area contributed by atoms with Gasteiger partial charge >= 0.3 is 0 Å². The van der Waals surface area contributed by atoms with Crippen LogP contribution in [0.15, 0.2) is 42.5 Å². The van der Waals surface area contributed by atoms with Crippen LogP contribution in [0.25, 0.3) is 0 Å². The first kappa shape index (κ1) is 10.7. The number of Topliss-reactive ketones (excluding diaryl/α,β-unsaturated/α-hetero) is 1. The van der Waals surface area contributed by atoms with Crippen LogP contribution < -0.4 is 5.73 Å². The quantitative estimate of drug-likeness (QED) is 0.805. The largest absolute Gasteiger partial charge is 0.324 e. The minimum Gasteiger partial charge on any atom is -0.324 e. The van der Waals surface area contributed by atoms with E-state index in [9.17, 15) is 4.79 Å². The van der Waals surface area contributed by atoms with Crippen molar-refractivity contribution in [2.24, 2.45) is 17.6 Å². The Hall–Kier alpha value is -1.41. The Morgan fingerprint density at radius 1 is 1.12 bits per heavy atom. The van der Waals surface area contributed by atoms with Crippen molar-refractivity contribution in [2.45, 2.75) is 24.8 Å². The third kappa shape index (κ3) is 2.05. The van der Waals surface area contributed by atoms with Crippen LogP contribution >= 0.6 is 0 Å². The molecule has 2 nitrogen and oxygen atoms in total. The standard InChI is InChI=1S/C15H17NO/c16-12-7-6-11(8-12)15(17)14-9-13(14)10-4-2-1-3-5-10/h1-7,11-14H,8-9,16H2. The number of ketones is 1. The summed E-state index contributed by atoms with van der Waals surface area (Å²) in [5.74, 6) is 1.15. The third-order valence-electron chi connectivity index (χ3n) is 3.87. The average molecular weight is 227 g/mol. The number of hydrogen-bond acceptors (Lipinski definition) is 2. The highest BCUT2D eigenvalue weighted by molar-refractivity contribution is 5.89. The lowest BCUT2D eigenvalue weighted by molar-refractivity contribution is -0.122. The molecule has 0 aliphatic heterocycles. The SMILES string of the molecule is NC1C=CC(C(=O)C2CC2c2ccccc2)C1. The van der Waals surface area contributed by atoms with Crippen LogP contribution in [0.2, 0.25) is 0 Å². The Labute approximate surface area is 102 Å². The molecule has 0 heterocycles. The van der Waals surface area contributed by atoms with Gasteiger partial charge < -0.3 is 5.73 Å². The molecule has 0 spiro atoms. The molecule has 0 bridgehead atoms. The molecular formula is C15H17NO. The molecule has 4 atom stereocenters. The zero-order valence-electron chi connectivity index (χ0n) is 9.75. The van der Waals surface area contributed by atoms with Gasteiger partial charge in [-0.2, -0.15) is 0 Å². The first-order valence-electron chi connectivity index (χ1n) is 6.28. The van der Waals surface area contributed by atoms with Crippen LogP contribution in [0.3, 0.4) is 0 Å². The van der Waals surface area contributed by atoms with Gasteiger partial charge in [-0.05, 0) is 24.3 Å². The summed E-state index contributed by atoms with van der Waals surface area (Å²) in [5, 5.41) is 0. The van der Waals surface area contributed by atoms with Gasteiger partial charge in [-0.1, -0.05) is 42.5 Å². The van der Waals surface area contributed by atoms with Crippen molar-refractivity contribution in [3.05, 3.63) is 48.0 Å². The van der Waals surface area contributed by atoms with E-state index in [0.29, 0.717) is 11.7 Å². The molecular weight excluding hydrogens is 210 g/mol. The molecule has 2 aliphatic rings. The van der Waals surface area contributed by atoms with Crippen molar-refractivity contribution >= 4 is 5.78 Å². The molecule has 1 aromatic carbocycles. The molecule has 2 heteroatoms. The maximum Gasteiger partial charge on any atom is 0.143 e. The molecule has 0 amide bonds. The van der Waals surface area contributed by atoms with Crippen molar-refractivity contribution in [3.63, 3.8) is 0 Å². The Bertz CT molecular complexity index is 451. The van der Waals surface area contributed by atoms with Crippen LogP contribution in [0, 0.1) is 11.8 Å². The van der Waals surface area contributed by atoms with E-state index in [1.807, 2.05) is 30.4 Å². The van der Waals surface area contributed by atoms with Crippen LogP contribution in [0.1, 0.15) is 24.3 Å². The van der Waals surface area contributed by atoms with E-state index >= 15 is 0 Å². The van der Waals surface area contributed by atoms with Gasteiger partial charge in [0.15, 0.2) is 0 Å². The van der Waals surface area contributed by atoms with Crippen LogP contribution in [-0.2, 0) is 4.79 Å². The van der Waals surface area contributed by atoms with Gasteiger partial charge in [0.25, 0.3) is 0 Å². The normalized spacial score (nSPS) is 34.9. The Balaban J connectivity index is 1.65. The lowest BCUT2D eigenvalue weighted by Gasteiger charge is -2.07. The molecule has 3 rings (SSSR count). The second-order valence-corrected chi connectivity index (χ2v) is 5.15. The number of allylic oxidation sites excluding steroid dienone is 1. The number of carbonyl (C=O) groups is 1. The lowest BCUT2D eigenvalue weighted by Crippen LogP contribution is -2.20. The van der Waals surface area contributed by atoms with Crippen molar-refractivity contribution in [3.8, 4) is 0 Å². The molecule has 0 aromatic heterocycles. The molecule has 0 saturated heterocycles. The number of hydrogen-bond donors (Lipinski definition) is 1. The molecule has 1 fully saturated rings. The van der Waals surface area contributed by atoms with Gasteiger partial charge in [0.2, 0.25) is 0 Å². The zero-order chi connectivity index (χ0) is 11.8. The maximum atomic E-state index is 12.2. The smallest absolute Gasteiger partial charge is 0.143 e. The van der Waals surface area contributed by atoms with E-state index in [1.165, 1.54) is 5.56 Å². The third-order valence-corrected chi connectivity index (χ3v) is 3.87.